The van der Waals surface area contributed by atoms with Crippen molar-refractivity contribution in [3.8, 4) is 0 Å². The lowest BCUT2D eigenvalue weighted by atomic mass is 9.71. The number of fused-ring (bicyclic) bond motifs is 1. The van der Waals surface area contributed by atoms with Crippen molar-refractivity contribution in [1.82, 2.24) is 4.98 Å². The van der Waals surface area contributed by atoms with Crippen molar-refractivity contribution in [3.05, 3.63) is 35.0 Å². The van der Waals surface area contributed by atoms with Crippen LogP contribution < -0.4 is 5.73 Å². The summed E-state index contributed by atoms with van der Waals surface area (Å²) >= 11 is 6.16. The molecule has 3 rings (SSSR count). The third kappa shape index (κ3) is 2.47. The second-order valence-electron chi connectivity index (χ2n) is 6.20. The molecular formula is C17H23ClN2. The lowest BCUT2D eigenvalue weighted by Gasteiger charge is -2.35. The highest BCUT2D eigenvalue weighted by atomic mass is 35.5. The fourth-order valence-corrected chi connectivity index (χ4v) is 4.07. The molecule has 0 radical (unpaired) electrons. The molecule has 0 amide bonds. The minimum absolute atomic E-state index is 0.442. The molecule has 1 aromatic carbocycles. The molecule has 0 spiro atoms. The summed E-state index contributed by atoms with van der Waals surface area (Å²) in [5, 5.41) is 2.04. The molecule has 1 aromatic heterocycles. The molecule has 1 heterocycles. The fourth-order valence-electron chi connectivity index (χ4n) is 3.90. The monoisotopic (exact) mass is 290 g/mol. The molecule has 0 saturated heterocycles. The molecule has 3 N–H and O–H groups in total. The van der Waals surface area contributed by atoms with Gasteiger partial charge in [-0.25, -0.2) is 0 Å². The van der Waals surface area contributed by atoms with E-state index in [1.54, 1.807) is 0 Å². The van der Waals surface area contributed by atoms with Crippen LogP contribution in [0.25, 0.3) is 10.9 Å². The second kappa shape index (κ2) is 5.79. The highest BCUT2D eigenvalue weighted by molar-refractivity contribution is 6.31. The van der Waals surface area contributed by atoms with E-state index in [0.717, 1.165) is 16.5 Å². The Morgan fingerprint density at radius 2 is 2.15 bits per heavy atom. The number of hydrogen-bond acceptors (Lipinski definition) is 1. The number of nitrogens with one attached hydrogen (secondary N) is 1. The molecular weight excluding hydrogens is 268 g/mol. The van der Waals surface area contributed by atoms with Gasteiger partial charge < -0.3 is 10.7 Å². The van der Waals surface area contributed by atoms with Gasteiger partial charge in [0.15, 0.2) is 0 Å². The van der Waals surface area contributed by atoms with Crippen molar-refractivity contribution in [2.24, 2.45) is 17.6 Å². The van der Waals surface area contributed by atoms with E-state index in [-0.39, 0.29) is 0 Å². The van der Waals surface area contributed by atoms with Crippen LogP contribution in [0, 0.1) is 11.8 Å². The van der Waals surface area contributed by atoms with Gasteiger partial charge in [-0.3, -0.25) is 0 Å². The van der Waals surface area contributed by atoms with Gasteiger partial charge in [0.1, 0.15) is 0 Å². The van der Waals surface area contributed by atoms with Crippen LogP contribution in [0.5, 0.6) is 0 Å². The van der Waals surface area contributed by atoms with Crippen LogP contribution in [0.2, 0.25) is 5.02 Å². The highest BCUT2D eigenvalue weighted by Gasteiger charge is 2.30. The third-order valence-corrected chi connectivity index (χ3v) is 5.26. The van der Waals surface area contributed by atoms with Gasteiger partial charge >= 0.3 is 0 Å². The van der Waals surface area contributed by atoms with E-state index in [9.17, 15) is 0 Å². The van der Waals surface area contributed by atoms with Gasteiger partial charge in [0, 0.05) is 28.0 Å². The number of aromatic amines is 1. The minimum Gasteiger partial charge on any atom is -0.361 e. The van der Waals surface area contributed by atoms with E-state index in [2.05, 4.69) is 30.2 Å². The smallest absolute Gasteiger partial charge is 0.0457 e. The van der Waals surface area contributed by atoms with Gasteiger partial charge in [-0.05, 0) is 48.6 Å². The van der Waals surface area contributed by atoms with Crippen LogP contribution in [0.15, 0.2) is 24.4 Å². The molecule has 20 heavy (non-hydrogen) atoms. The highest BCUT2D eigenvalue weighted by Crippen LogP contribution is 2.41. The van der Waals surface area contributed by atoms with Crippen LogP contribution in [0.1, 0.15) is 44.1 Å². The van der Waals surface area contributed by atoms with Crippen molar-refractivity contribution in [1.29, 1.82) is 0 Å². The molecule has 2 nitrogen and oxygen atoms in total. The van der Waals surface area contributed by atoms with Gasteiger partial charge in [0.25, 0.3) is 0 Å². The van der Waals surface area contributed by atoms with E-state index >= 15 is 0 Å². The lowest BCUT2D eigenvalue weighted by molar-refractivity contribution is 0.219. The quantitative estimate of drug-likeness (QED) is 0.846. The maximum atomic E-state index is 6.16. The molecule has 108 valence electrons. The van der Waals surface area contributed by atoms with Crippen LogP contribution in [0.4, 0.5) is 0 Å². The number of rotatable bonds is 3. The van der Waals surface area contributed by atoms with Crippen molar-refractivity contribution >= 4 is 22.5 Å². The van der Waals surface area contributed by atoms with Crippen LogP contribution in [0.3, 0.4) is 0 Å². The summed E-state index contributed by atoms with van der Waals surface area (Å²) in [5.41, 5.74) is 8.65. The summed E-state index contributed by atoms with van der Waals surface area (Å²) in [6.45, 7) is 3.10. The molecule has 2 aromatic rings. The third-order valence-electron chi connectivity index (χ3n) is 5.02. The zero-order valence-corrected chi connectivity index (χ0v) is 12.8. The molecule has 0 bridgehead atoms. The summed E-state index contributed by atoms with van der Waals surface area (Å²) in [7, 11) is 0. The summed E-state index contributed by atoms with van der Waals surface area (Å²) in [6.07, 6.45) is 7.49. The van der Waals surface area contributed by atoms with Gasteiger partial charge in [-0.2, -0.15) is 0 Å². The van der Waals surface area contributed by atoms with E-state index in [1.165, 1.54) is 36.6 Å². The Kier molecular flexibility index (Phi) is 4.04. The summed E-state index contributed by atoms with van der Waals surface area (Å²) in [4.78, 5) is 3.37. The van der Waals surface area contributed by atoms with Gasteiger partial charge in [0.2, 0.25) is 0 Å². The van der Waals surface area contributed by atoms with Gasteiger partial charge in [-0.15, -0.1) is 0 Å². The van der Waals surface area contributed by atoms with Crippen LogP contribution in [-0.4, -0.2) is 11.5 Å². The summed E-state index contributed by atoms with van der Waals surface area (Å²) < 4.78 is 0. The molecule has 0 aliphatic heterocycles. The van der Waals surface area contributed by atoms with Crippen LogP contribution >= 0.6 is 11.6 Å². The van der Waals surface area contributed by atoms with Crippen LogP contribution in [-0.2, 0) is 0 Å². The molecule has 3 heteroatoms. The standard InChI is InChI=1S/C17H23ClN2/c1-11-4-2-3-5-13(11)15(9-19)16-10-20-17-7-6-12(18)8-14(16)17/h6-8,10-11,13,15,20H,2-5,9,19H2,1H3. The number of H-pyrrole nitrogens is 1. The number of halogens is 1. The first-order valence-electron chi connectivity index (χ1n) is 7.67. The number of nitrogens with two attached hydrogens (primary N) is 1. The van der Waals surface area contributed by atoms with E-state index in [0.29, 0.717) is 18.4 Å². The molecule has 1 saturated carbocycles. The first-order valence-corrected chi connectivity index (χ1v) is 8.05. The molecule has 3 atom stereocenters. The molecule has 1 aliphatic rings. The Balaban J connectivity index is 2.00. The van der Waals surface area contributed by atoms with E-state index in [1.807, 2.05) is 6.07 Å². The van der Waals surface area contributed by atoms with Gasteiger partial charge in [-0.1, -0.05) is 37.8 Å². The average molecular weight is 291 g/mol. The Hall–Kier alpha value is -0.990. The average Bonchev–Trinajstić information content (AvgIpc) is 2.85. The maximum absolute atomic E-state index is 6.16. The Labute approximate surface area is 125 Å². The first-order chi connectivity index (χ1) is 9.70. The van der Waals surface area contributed by atoms with Crippen molar-refractivity contribution < 1.29 is 0 Å². The largest absolute Gasteiger partial charge is 0.361 e. The van der Waals surface area contributed by atoms with E-state index in [4.69, 9.17) is 17.3 Å². The van der Waals surface area contributed by atoms with Crippen molar-refractivity contribution in [2.45, 2.75) is 38.5 Å². The normalized spacial score (nSPS) is 24.9. The summed E-state index contributed by atoms with van der Waals surface area (Å²) in [6, 6.07) is 6.06. The van der Waals surface area contributed by atoms with Gasteiger partial charge in [0.05, 0.1) is 0 Å². The fraction of sp³-hybridized carbons (Fsp3) is 0.529. The number of benzene rings is 1. The first kappa shape index (κ1) is 14.0. The van der Waals surface area contributed by atoms with E-state index < -0.39 is 0 Å². The van der Waals surface area contributed by atoms with Crippen molar-refractivity contribution in [3.63, 3.8) is 0 Å². The Morgan fingerprint density at radius 1 is 1.35 bits per heavy atom. The second-order valence-corrected chi connectivity index (χ2v) is 6.64. The Morgan fingerprint density at radius 3 is 2.90 bits per heavy atom. The summed E-state index contributed by atoms with van der Waals surface area (Å²) in [5.74, 6) is 1.91. The minimum atomic E-state index is 0.442. The zero-order chi connectivity index (χ0) is 14.1. The lowest BCUT2D eigenvalue weighted by Crippen LogP contribution is -2.28. The SMILES string of the molecule is CC1CCCCC1C(CN)c1c[nH]c2ccc(Cl)cc12. The topological polar surface area (TPSA) is 41.8 Å². The number of hydrogen-bond donors (Lipinski definition) is 2. The number of aromatic nitrogens is 1. The molecule has 1 aliphatic carbocycles. The molecule has 1 fully saturated rings. The predicted octanol–water partition coefficient (Wildman–Crippen LogP) is 4.69. The zero-order valence-electron chi connectivity index (χ0n) is 12.0. The van der Waals surface area contributed by atoms with Crippen molar-refractivity contribution in [2.75, 3.05) is 6.54 Å². The predicted molar refractivity (Wildman–Crippen MR) is 86.2 cm³/mol. The Bertz CT molecular complexity index is 590. The maximum Gasteiger partial charge on any atom is 0.0457 e. The molecule has 3 unspecified atom stereocenters.